The normalized spacial score (nSPS) is 17.2. The minimum atomic E-state index is -0.0285. The SMILES string of the molecule is Cl.O=C(NCc1cnn(-c2ccccc2)c1)C1CCCN1. The van der Waals surface area contributed by atoms with E-state index >= 15 is 0 Å². The summed E-state index contributed by atoms with van der Waals surface area (Å²) >= 11 is 0. The Labute approximate surface area is 130 Å². The van der Waals surface area contributed by atoms with Crippen LogP contribution < -0.4 is 10.6 Å². The van der Waals surface area contributed by atoms with Gasteiger partial charge in [0.1, 0.15) is 0 Å². The van der Waals surface area contributed by atoms with Crippen LogP contribution in [-0.2, 0) is 11.3 Å². The molecular formula is C15H19ClN4O. The molecule has 6 heteroatoms. The number of nitrogens with zero attached hydrogens (tertiary/aromatic N) is 2. The molecule has 2 N–H and O–H groups in total. The van der Waals surface area contributed by atoms with E-state index in [0.29, 0.717) is 6.54 Å². The number of hydrogen-bond acceptors (Lipinski definition) is 3. The minimum absolute atomic E-state index is 0. The number of halogens is 1. The molecule has 21 heavy (non-hydrogen) atoms. The quantitative estimate of drug-likeness (QED) is 0.903. The van der Waals surface area contributed by atoms with Crippen molar-refractivity contribution in [1.82, 2.24) is 20.4 Å². The molecule has 1 aliphatic heterocycles. The molecule has 1 amide bonds. The molecule has 2 aromatic rings. The van der Waals surface area contributed by atoms with Gasteiger partial charge >= 0.3 is 0 Å². The van der Waals surface area contributed by atoms with Crippen molar-refractivity contribution in [2.24, 2.45) is 0 Å². The summed E-state index contributed by atoms with van der Waals surface area (Å²) in [6.45, 7) is 1.45. The maximum absolute atomic E-state index is 11.9. The predicted molar refractivity (Wildman–Crippen MR) is 83.7 cm³/mol. The summed E-state index contributed by atoms with van der Waals surface area (Å²) in [6, 6.07) is 9.89. The number of aromatic nitrogens is 2. The van der Waals surface area contributed by atoms with Crippen molar-refractivity contribution >= 4 is 18.3 Å². The Bertz CT molecular complexity index is 578. The number of rotatable bonds is 4. The van der Waals surface area contributed by atoms with E-state index in [2.05, 4.69) is 15.7 Å². The molecule has 1 saturated heterocycles. The molecule has 1 unspecified atom stereocenters. The maximum atomic E-state index is 11.9. The van der Waals surface area contributed by atoms with Gasteiger partial charge in [-0.2, -0.15) is 5.10 Å². The molecule has 0 aliphatic carbocycles. The first-order valence-electron chi connectivity index (χ1n) is 6.93. The van der Waals surface area contributed by atoms with Crippen LogP contribution >= 0.6 is 12.4 Å². The van der Waals surface area contributed by atoms with Crippen molar-refractivity contribution in [1.29, 1.82) is 0 Å². The Kier molecular flexibility index (Phi) is 5.36. The highest BCUT2D eigenvalue weighted by Gasteiger charge is 2.21. The van der Waals surface area contributed by atoms with Crippen LogP contribution in [0.2, 0.25) is 0 Å². The number of carbonyl (C=O) groups excluding carboxylic acids is 1. The number of benzene rings is 1. The first-order valence-corrected chi connectivity index (χ1v) is 6.93. The van der Waals surface area contributed by atoms with Crippen molar-refractivity contribution in [2.45, 2.75) is 25.4 Å². The van der Waals surface area contributed by atoms with Crippen LogP contribution in [0.3, 0.4) is 0 Å². The Balaban J connectivity index is 0.00000161. The van der Waals surface area contributed by atoms with Crippen molar-refractivity contribution in [3.8, 4) is 5.69 Å². The Morgan fingerprint density at radius 3 is 2.90 bits per heavy atom. The van der Waals surface area contributed by atoms with Crippen LogP contribution in [-0.4, -0.2) is 28.3 Å². The monoisotopic (exact) mass is 306 g/mol. The fourth-order valence-corrected chi connectivity index (χ4v) is 2.39. The highest BCUT2D eigenvalue weighted by Crippen LogP contribution is 2.08. The molecule has 0 spiro atoms. The lowest BCUT2D eigenvalue weighted by Gasteiger charge is -2.09. The van der Waals surface area contributed by atoms with Gasteiger partial charge in [0.05, 0.1) is 17.9 Å². The van der Waals surface area contributed by atoms with Gasteiger partial charge in [-0.3, -0.25) is 4.79 Å². The summed E-state index contributed by atoms with van der Waals surface area (Å²) in [4.78, 5) is 11.9. The largest absolute Gasteiger partial charge is 0.351 e. The summed E-state index contributed by atoms with van der Waals surface area (Å²) in [5.41, 5.74) is 2.02. The van der Waals surface area contributed by atoms with Gasteiger partial charge in [0.25, 0.3) is 0 Å². The van der Waals surface area contributed by atoms with E-state index in [4.69, 9.17) is 0 Å². The van der Waals surface area contributed by atoms with Gasteiger partial charge in [0.15, 0.2) is 0 Å². The highest BCUT2D eigenvalue weighted by atomic mass is 35.5. The first kappa shape index (κ1) is 15.5. The standard InChI is InChI=1S/C15H18N4O.ClH/c20-15(14-7-4-8-16-14)17-9-12-10-18-19(11-12)13-5-2-1-3-6-13;/h1-3,5-6,10-11,14,16H,4,7-9H2,(H,17,20);1H. The van der Waals surface area contributed by atoms with Crippen molar-refractivity contribution in [2.75, 3.05) is 6.54 Å². The van der Waals surface area contributed by atoms with Crippen LogP contribution in [0, 0.1) is 0 Å². The van der Waals surface area contributed by atoms with E-state index in [-0.39, 0.29) is 24.4 Å². The third-order valence-corrected chi connectivity index (χ3v) is 3.50. The minimum Gasteiger partial charge on any atom is -0.351 e. The van der Waals surface area contributed by atoms with Crippen LogP contribution in [0.4, 0.5) is 0 Å². The lowest BCUT2D eigenvalue weighted by molar-refractivity contribution is -0.122. The fraction of sp³-hybridized carbons (Fsp3) is 0.333. The Morgan fingerprint density at radius 2 is 2.19 bits per heavy atom. The molecule has 0 bridgehead atoms. The molecule has 1 aromatic heterocycles. The third-order valence-electron chi connectivity index (χ3n) is 3.50. The second-order valence-electron chi connectivity index (χ2n) is 5.00. The summed E-state index contributed by atoms with van der Waals surface area (Å²) < 4.78 is 1.81. The number of carbonyl (C=O) groups is 1. The Hall–Kier alpha value is -1.85. The lowest BCUT2D eigenvalue weighted by atomic mass is 10.2. The van der Waals surface area contributed by atoms with Crippen LogP contribution in [0.1, 0.15) is 18.4 Å². The predicted octanol–water partition coefficient (Wildman–Crippen LogP) is 1.66. The van der Waals surface area contributed by atoms with Crippen molar-refractivity contribution in [3.05, 3.63) is 48.3 Å². The summed E-state index contributed by atoms with van der Waals surface area (Å²) in [5, 5.41) is 10.5. The van der Waals surface area contributed by atoms with E-state index < -0.39 is 0 Å². The van der Waals surface area contributed by atoms with Crippen LogP contribution in [0.5, 0.6) is 0 Å². The maximum Gasteiger partial charge on any atom is 0.237 e. The molecule has 0 radical (unpaired) electrons. The molecule has 3 rings (SSSR count). The van der Waals surface area contributed by atoms with Gasteiger partial charge in [0, 0.05) is 18.3 Å². The molecule has 0 saturated carbocycles. The van der Waals surface area contributed by atoms with Gasteiger partial charge in [-0.1, -0.05) is 18.2 Å². The molecule has 2 heterocycles. The third kappa shape index (κ3) is 3.83. The van der Waals surface area contributed by atoms with E-state index in [1.54, 1.807) is 6.20 Å². The molecule has 1 aromatic carbocycles. The molecule has 1 fully saturated rings. The van der Waals surface area contributed by atoms with E-state index in [0.717, 1.165) is 30.6 Å². The number of hydrogen-bond donors (Lipinski definition) is 2. The first-order chi connectivity index (χ1) is 9.83. The van der Waals surface area contributed by atoms with Crippen molar-refractivity contribution in [3.63, 3.8) is 0 Å². The summed E-state index contributed by atoms with van der Waals surface area (Å²) in [5.74, 6) is 0.0787. The summed E-state index contributed by atoms with van der Waals surface area (Å²) in [7, 11) is 0. The topological polar surface area (TPSA) is 59.0 Å². The molecular weight excluding hydrogens is 288 g/mol. The second kappa shape index (κ2) is 7.24. The smallest absolute Gasteiger partial charge is 0.237 e. The number of para-hydroxylation sites is 1. The molecule has 1 aliphatic rings. The number of amides is 1. The molecule has 1 atom stereocenters. The number of nitrogens with one attached hydrogen (secondary N) is 2. The fourth-order valence-electron chi connectivity index (χ4n) is 2.39. The van der Waals surface area contributed by atoms with E-state index in [1.165, 1.54) is 0 Å². The molecule has 5 nitrogen and oxygen atoms in total. The van der Waals surface area contributed by atoms with Gasteiger partial charge in [-0.15, -0.1) is 12.4 Å². The van der Waals surface area contributed by atoms with Gasteiger partial charge in [-0.05, 0) is 31.5 Å². The zero-order valence-corrected chi connectivity index (χ0v) is 12.5. The average molecular weight is 307 g/mol. The zero-order valence-electron chi connectivity index (χ0n) is 11.7. The van der Waals surface area contributed by atoms with Gasteiger partial charge in [-0.25, -0.2) is 4.68 Å². The van der Waals surface area contributed by atoms with E-state index in [9.17, 15) is 4.79 Å². The lowest BCUT2D eigenvalue weighted by Crippen LogP contribution is -2.39. The highest BCUT2D eigenvalue weighted by molar-refractivity contribution is 5.85. The van der Waals surface area contributed by atoms with Gasteiger partial charge < -0.3 is 10.6 Å². The summed E-state index contributed by atoms with van der Waals surface area (Å²) in [6.07, 6.45) is 5.73. The Morgan fingerprint density at radius 1 is 1.38 bits per heavy atom. The van der Waals surface area contributed by atoms with E-state index in [1.807, 2.05) is 41.2 Å². The second-order valence-corrected chi connectivity index (χ2v) is 5.00. The van der Waals surface area contributed by atoms with Gasteiger partial charge in [0.2, 0.25) is 5.91 Å². The average Bonchev–Trinajstić information content (AvgIpc) is 3.17. The van der Waals surface area contributed by atoms with Crippen molar-refractivity contribution < 1.29 is 4.79 Å². The van der Waals surface area contributed by atoms with Crippen LogP contribution in [0.25, 0.3) is 5.69 Å². The molecule has 112 valence electrons. The van der Waals surface area contributed by atoms with Crippen LogP contribution in [0.15, 0.2) is 42.7 Å². The zero-order chi connectivity index (χ0) is 13.8.